The van der Waals surface area contributed by atoms with Gasteiger partial charge in [0.25, 0.3) is 0 Å². The van der Waals surface area contributed by atoms with Gasteiger partial charge in [-0.15, -0.1) is 11.3 Å². The molecule has 2 aromatic carbocycles. The first-order valence-electron chi connectivity index (χ1n) is 12.3. The lowest BCUT2D eigenvalue weighted by Gasteiger charge is -2.24. The minimum Gasteiger partial charge on any atom is -0.491 e. The van der Waals surface area contributed by atoms with Crippen LogP contribution in [0, 0.1) is 17.9 Å². The summed E-state index contributed by atoms with van der Waals surface area (Å²) in [6.07, 6.45) is 0. The molecule has 0 aliphatic carbocycles. The molecule has 2 heterocycles. The predicted molar refractivity (Wildman–Crippen MR) is 159 cm³/mol. The normalized spacial score (nSPS) is 10.6. The summed E-state index contributed by atoms with van der Waals surface area (Å²) < 4.78 is 5.49. The second-order valence-corrected chi connectivity index (χ2v) is 10.5. The van der Waals surface area contributed by atoms with E-state index in [0.717, 1.165) is 21.8 Å². The van der Waals surface area contributed by atoms with Crippen LogP contribution in [0.25, 0.3) is 26.5 Å². The van der Waals surface area contributed by atoms with Crippen molar-refractivity contribution < 1.29 is 9.84 Å². The average molecular weight is 576 g/mol. The standard InChI is InChI=1S/C29H26ClN5O2S2/c1-4-35(5-2)27-26(32-3)25(19-8-12-23(13-9-19)37-15-14-36)24(16-31)29(34-27)39-18-22-17-38-28(33-22)20-6-10-21(30)11-7-20/h6-13,17,36H,4-5,14-15,18H2,1-2H3. The van der Waals surface area contributed by atoms with Crippen LogP contribution in [0.15, 0.2) is 58.9 Å². The quantitative estimate of drug-likeness (QED) is 0.147. The van der Waals surface area contributed by atoms with E-state index in [4.69, 9.17) is 38.0 Å². The fraction of sp³-hybridized carbons (Fsp3) is 0.241. The number of nitriles is 1. The molecule has 0 atom stereocenters. The largest absolute Gasteiger partial charge is 0.491 e. The molecule has 4 aromatic rings. The summed E-state index contributed by atoms with van der Waals surface area (Å²) in [6, 6.07) is 17.1. The number of hydrogen-bond acceptors (Lipinski definition) is 8. The van der Waals surface area contributed by atoms with Gasteiger partial charge in [0, 0.05) is 40.4 Å². The van der Waals surface area contributed by atoms with E-state index in [2.05, 4.69) is 10.9 Å². The molecule has 0 aliphatic heterocycles. The lowest BCUT2D eigenvalue weighted by atomic mass is 9.99. The third-order valence-corrected chi connectivity index (χ3v) is 8.11. The molecule has 0 radical (unpaired) electrons. The summed E-state index contributed by atoms with van der Waals surface area (Å²) in [7, 11) is 0. The fourth-order valence-electron chi connectivity index (χ4n) is 4.00. The third-order valence-electron chi connectivity index (χ3n) is 5.91. The van der Waals surface area contributed by atoms with E-state index in [1.807, 2.05) is 60.5 Å². The minimum absolute atomic E-state index is 0.0828. The number of benzene rings is 2. The van der Waals surface area contributed by atoms with Crippen LogP contribution in [-0.4, -0.2) is 41.4 Å². The van der Waals surface area contributed by atoms with E-state index in [1.165, 1.54) is 11.8 Å². The summed E-state index contributed by atoms with van der Waals surface area (Å²) >= 11 is 9.01. The number of nitrogens with zero attached hydrogens (tertiary/aromatic N) is 5. The summed E-state index contributed by atoms with van der Waals surface area (Å²) in [5, 5.41) is 23.5. The van der Waals surface area contributed by atoms with Crippen LogP contribution in [0.2, 0.25) is 5.02 Å². The molecule has 0 unspecified atom stereocenters. The Hall–Kier alpha value is -3.60. The fourth-order valence-corrected chi connectivity index (χ4v) is 5.94. The number of aliphatic hydroxyl groups is 1. The van der Waals surface area contributed by atoms with E-state index in [9.17, 15) is 5.26 Å². The Bertz CT molecular complexity index is 1510. The molecular weight excluding hydrogens is 550 g/mol. The van der Waals surface area contributed by atoms with Crippen LogP contribution in [0.3, 0.4) is 0 Å². The average Bonchev–Trinajstić information content (AvgIpc) is 3.45. The summed E-state index contributed by atoms with van der Waals surface area (Å²) in [5.74, 6) is 1.68. The first kappa shape index (κ1) is 28.4. The Morgan fingerprint density at radius 2 is 1.79 bits per heavy atom. The van der Waals surface area contributed by atoms with Gasteiger partial charge in [-0.3, -0.25) is 0 Å². The monoisotopic (exact) mass is 575 g/mol. The molecule has 0 aliphatic rings. The highest BCUT2D eigenvalue weighted by Gasteiger charge is 2.24. The Balaban J connectivity index is 1.74. The highest BCUT2D eigenvalue weighted by molar-refractivity contribution is 7.98. The summed E-state index contributed by atoms with van der Waals surface area (Å²) in [5.41, 5.74) is 3.87. The smallest absolute Gasteiger partial charge is 0.237 e. The summed E-state index contributed by atoms with van der Waals surface area (Å²) in [6.45, 7) is 13.5. The number of pyridine rings is 1. The van der Waals surface area contributed by atoms with E-state index in [-0.39, 0.29) is 13.2 Å². The first-order valence-corrected chi connectivity index (χ1v) is 14.5. The molecule has 0 spiro atoms. The Labute approximate surface area is 241 Å². The van der Waals surface area contributed by atoms with Gasteiger partial charge in [-0.1, -0.05) is 47.6 Å². The van der Waals surface area contributed by atoms with Crippen molar-refractivity contribution in [1.29, 1.82) is 5.26 Å². The zero-order valence-corrected chi connectivity index (χ0v) is 23.9. The van der Waals surface area contributed by atoms with Gasteiger partial charge in [0.1, 0.15) is 34.3 Å². The van der Waals surface area contributed by atoms with Gasteiger partial charge in [0.2, 0.25) is 5.69 Å². The molecule has 0 saturated heterocycles. The molecule has 198 valence electrons. The van der Waals surface area contributed by atoms with Crippen molar-refractivity contribution in [3.8, 4) is 33.5 Å². The molecule has 1 N–H and O–H groups in total. The number of thiazole rings is 1. The number of anilines is 1. The maximum Gasteiger partial charge on any atom is 0.237 e. The Morgan fingerprint density at radius 1 is 1.10 bits per heavy atom. The highest BCUT2D eigenvalue weighted by Crippen LogP contribution is 2.44. The van der Waals surface area contributed by atoms with Crippen molar-refractivity contribution in [2.24, 2.45) is 0 Å². The summed E-state index contributed by atoms with van der Waals surface area (Å²) in [4.78, 5) is 15.5. The van der Waals surface area contributed by atoms with Crippen molar-refractivity contribution in [3.63, 3.8) is 0 Å². The van der Waals surface area contributed by atoms with Crippen LogP contribution in [-0.2, 0) is 5.75 Å². The van der Waals surface area contributed by atoms with Gasteiger partial charge in [-0.25, -0.2) is 14.8 Å². The van der Waals surface area contributed by atoms with E-state index >= 15 is 0 Å². The lowest BCUT2D eigenvalue weighted by molar-refractivity contribution is 0.201. The number of hydrogen-bond donors (Lipinski definition) is 1. The Kier molecular flexibility index (Phi) is 9.80. The maximum atomic E-state index is 10.3. The number of aromatic nitrogens is 2. The number of ether oxygens (including phenoxy) is 1. The molecular formula is C29H26ClN5O2S2. The second-order valence-electron chi connectivity index (χ2n) is 8.27. The van der Waals surface area contributed by atoms with Gasteiger partial charge in [-0.2, -0.15) is 5.26 Å². The molecule has 2 aromatic heterocycles. The molecule has 39 heavy (non-hydrogen) atoms. The van der Waals surface area contributed by atoms with Crippen molar-refractivity contribution in [3.05, 3.63) is 81.6 Å². The molecule has 0 amide bonds. The zero-order valence-electron chi connectivity index (χ0n) is 21.5. The number of halogens is 1. The van der Waals surface area contributed by atoms with E-state index in [0.29, 0.717) is 57.3 Å². The van der Waals surface area contributed by atoms with Crippen LogP contribution in [0.5, 0.6) is 5.75 Å². The first-order chi connectivity index (χ1) is 19.0. The van der Waals surface area contributed by atoms with Gasteiger partial charge in [0.15, 0.2) is 0 Å². The lowest BCUT2D eigenvalue weighted by Crippen LogP contribution is -2.23. The SMILES string of the molecule is [C-]#[N+]c1c(N(CC)CC)nc(SCc2csc(-c3ccc(Cl)cc3)n2)c(C#N)c1-c1ccc(OCCO)cc1. The van der Waals surface area contributed by atoms with Crippen LogP contribution < -0.4 is 9.64 Å². The molecule has 4 rings (SSSR count). The number of thioether (sulfide) groups is 1. The molecule has 7 nitrogen and oxygen atoms in total. The van der Waals surface area contributed by atoms with Crippen molar-refractivity contribution in [2.75, 3.05) is 31.2 Å². The molecule has 0 saturated carbocycles. The second kappa shape index (κ2) is 13.5. The third kappa shape index (κ3) is 6.52. The Morgan fingerprint density at radius 3 is 2.41 bits per heavy atom. The molecule has 0 bridgehead atoms. The molecule has 10 heteroatoms. The van der Waals surface area contributed by atoms with Crippen molar-refractivity contribution in [1.82, 2.24) is 9.97 Å². The van der Waals surface area contributed by atoms with E-state index in [1.54, 1.807) is 23.5 Å². The van der Waals surface area contributed by atoms with Crippen molar-refractivity contribution >= 4 is 46.2 Å². The minimum atomic E-state index is -0.0828. The topological polar surface area (TPSA) is 86.6 Å². The number of rotatable bonds is 11. The van der Waals surface area contributed by atoms with Gasteiger partial charge in [0.05, 0.1) is 24.4 Å². The number of aliphatic hydroxyl groups excluding tert-OH is 1. The van der Waals surface area contributed by atoms with Crippen LogP contribution in [0.4, 0.5) is 11.5 Å². The van der Waals surface area contributed by atoms with E-state index < -0.39 is 0 Å². The predicted octanol–water partition coefficient (Wildman–Crippen LogP) is 7.46. The van der Waals surface area contributed by atoms with Crippen molar-refractivity contribution in [2.45, 2.75) is 24.6 Å². The van der Waals surface area contributed by atoms with Crippen LogP contribution in [0.1, 0.15) is 25.1 Å². The van der Waals surface area contributed by atoms with Gasteiger partial charge < -0.3 is 14.7 Å². The van der Waals surface area contributed by atoms with Gasteiger partial charge in [-0.05, 0) is 43.7 Å². The zero-order chi connectivity index (χ0) is 27.8. The maximum absolute atomic E-state index is 10.3. The molecule has 0 fully saturated rings. The highest BCUT2D eigenvalue weighted by atomic mass is 35.5. The van der Waals surface area contributed by atoms with Gasteiger partial charge >= 0.3 is 0 Å². The van der Waals surface area contributed by atoms with Crippen LogP contribution >= 0.6 is 34.7 Å².